The summed E-state index contributed by atoms with van der Waals surface area (Å²) >= 11 is 0.745. The lowest BCUT2D eigenvalue weighted by Gasteiger charge is -2.07. The molecule has 2 aromatic rings. The Hall–Kier alpha value is -2.80. The first kappa shape index (κ1) is 16.1. The highest BCUT2D eigenvalue weighted by atomic mass is 32.2. The van der Waals surface area contributed by atoms with E-state index in [9.17, 15) is 14.4 Å². The summed E-state index contributed by atoms with van der Waals surface area (Å²) in [5.74, 6) is -1.05. The molecule has 0 radical (unpaired) electrons. The second-order valence-corrected chi connectivity index (χ2v) is 6.13. The van der Waals surface area contributed by atoms with E-state index < -0.39 is 23.7 Å². The molecule has 1 heterocycles. The van der Waals surface area contributed by atoms with Gasteiger partial charge in [-0.15, -0.1) is 0 Å². The third kappa shape index (κ3) is 3.11. The number of imide groups is 1. The molecule has 2 amide bonds. The fraction of sp³-hybridized carbons (Fsp3) is 0.118. The molecule has 6 nitrogen and oxygen atoms in total. The van der Waals surface area contributed by atoms with Crippen molar-refractivity contribution in [3.8, 4) is 5.75 Å². The molecule has 1 aliphatic heterocycles. The van der Waals surface area contributed by atoms with Gasteiger partial charge in [0.05, 0.1) is 12.0 Å². The van der Waals surface area contributed by atoms with Crippen LogP contribution in [0.3, 0.4) is 0 Å². The molecule has 0 aromatic heterocycles. The van der Waals surface area contributed by atoms with Gasteiger partial charge in [0.2, 0.25) is 0 Å². The number of aliphatic carboxylic acids is 1. The lowest BCUT2D eigenvalue weighted by Crippen LogP contribution is -2.33. The number of carbonyl (C=O) groups is 3. The number of methoxy groups -OCH3 is 1. The summed E-state index contributed by atoms with van der Waals surface area (Å²) in [5, 5.41) is 10.1. The first-order valence-electron chi connectivity index (χ1n) is 7.03. The van der Waals surface area contributed by atoms with E-state index >= 15 is 0 Å². The maximum Gasteiger partial charge on any atom is 0.323 e. The summed E-state index contributed by atoms with van der Waals surface area (Å²) in [6, 6.07) is 11.3. The van der Waals surface area contributed by atoms with Crippen LogP contribution in [0.4, 0.5) is 4.79 Å². The number of benzene rings is 2. The maximum atomic E-state index is 12.1. The zero-order valence-corrected chi connectivity index (χ0v) is 13.5. The van der Waals surface area contributed by atoms with Crippen molar-refractivity contribution in [2.45, 2.75) is 0 Å². The van der Waals surface area contributed by atoms with Crippen LogP contribution in [-0.2, 0) is 9.59 Å². The second-order valence-electron chi connectivity index (χ2n) is 5.13. The van der Waals surface area contributed by atoms with Crippen molar-refractivity contribution in [2.24, 2.45) is 0 Å². The van der Waals surface area contributed by atoms with Crippen molar-refractivity contribution >= 4 is 45.7 Å². The number of carboxylic acid groups (broad SMARTS) is 1. The first-order chi connectivity index (χ1) is 11.5. The molecule has 2 aromatic carbocycles. The van der Waals surface area contributed by atoms with Gasteiger partial charge in [0, 0.05) is 0 Å². The molecule has 0 atom stereocenters. The molecule has 1 aliphatic rings. The summed E-state index contributed by atoms with van der Waals surface area (Å²) in [4.78, 5) is 35.6. The fourth-order valence-corrected chi connectivity index (χ4v) is 3.22. The minimum atomic E-state index is -1.22. The molecule has 1 N–H and O–H groups in total. The van der Waals surface area contributed by atoms with Crippen LogP contribution in [0.25, 0.3) is 16.8 Å². The van der Waals surface area contributed by atoms with Gasteiger partial charge in [0.25, 0.3) is 11.1 Å². The van der Waals surface area contributed by atoms with Crippen LogP contribution in [0.1, 0.15) is 5.56 Å². The number of ether oxygens (including phenoxy) is 1. The topological polar surface area (TPSA) is 83.9 Å². The van der Waals surface area contributed by atoms with Crippen LogP contribution < -0.4 is 4.74 Å². The van der Waals surface area contributed by atoms with Crippen LogP contribution in [-0.4, -0.2) is 40.8 Å². The molecular weight excluding hydrogens is 330 g/mol. The molecule has 0 bridgehead atoms. The summed E-state index contributed by atoms with van der Waals surface area (Å²) in [5.41, 5.74) is 0.758. The van der Waals surface area contributed by atoms with E-state index in [4.69, 9.17) is 9.84 Å². The fourth-order valence-electron chi connectivity index (χ4n) is 2.38. The van der Waals surface area contributed by atoms with Crippen LogP contribution in [0, 0.1) is 0 Å². The van der Waals surface area contributed by atoms with E-state index in [0.29, 0.717) is 0 Å². The van der Waals surface area contributed by atoms with E-state index in [1.54, 1.807) is 13.2 Å². The average molecular weight is 343 g/mol. The standard InChI is InChI=1S/C17H13NO5S/c1-23-13-5-4-11-6-10(2-3-12(11)8-13)7-14-16(21)18(9-15(19)20)17(22)24-14/h2-8H,9H2,1H3,(H,19,20)/b14-7-. The molecule has 0 saturated carbocycles. The molecule has 122 valence electrons. The number of amides is 2. The predicted molar refractivity (Wildman–Crippen MR) is 90.8 cm³/mol. The van der Waals surface area contributed by atoms with Gasteiger partial charge in [-0.25, -0.2) is 0 Å². The minimum absolute atomic E-state index is 0.217. The third-order valence-corrected chi connectivity index (χ3v) is 4.44. The molecule has 0 spiro atoms. The molecule has 3 rings (SSSR count). The van der Waals surface area contributed by atoms with Crippen molar-refractivity contribution in [3.63, 3.8) is 0 Å². The Kier molecular flexibility index (Phi) is 4.26. The zero-order chi connectivity index (χ0) is 17.3. The Balaban J connectivity index is 1.91. The summed E-state index contributed by atoms with van der Waals surface area (Å²) in [7, 11) is 1.60. The van der Waals surface area contributed by atoms with E-state index in [-0.39, 0.29) is 4.91 Å². The largest absolute Gasteiger partial charge is 0.497 e. The van der Waals surface area contributed by atoms with Gasteiger partial charge >= 0.3 is 5.97 Å². The van der Waals surface area contributed by atoms with E-state index in [1.807, 2.05) is 36.4 Å². The van der Waals surface area contributed by atoms with Gasteiger partial charge < -0.3 is 9.84 Å². The summed E-state index contributed by atoms with van der Waals surface area (Å²) < 4.78 is 5.18. The molecule has 0 aliphatic carbocycles. The van der Waals surface area contributed by atoms with Crippen molar-refractivity contribution in [2.75, 3.05) is 13.7 Å². The minimum Gasteiger partial charge on any atom is -0.497 e. The maximum absolute atomic E-state index is 12.1. The van der Waals surface area contributed by atoms with Crippen LogP contribution >= 0.6 is 11.8 Å². The quantitative estimate of drug-likeness (QED) is 0.859. The molecule has 1 saturated heterocycles. The van der Waals surface area contributed by atoms with Crippen molar-refractivity contribution in [3.05, 3.63) is 46.9 Å². The molecule has 1 fully saturated rings. The Morgan fingerprint density at radius 2 is 1.92 bits per heavy atom. The Morgan fingerprint density at radius 3 is 2.62 bits per heavy atom. The smallest absolute Gasteiger partial charge is 0.323 e. The normalized spacial score (nSPS) is 16.2. The van der Waals surface area contributed by atoms with Gasteiger partial charge in [-0.05, 0) is 52.4 Å². The van der Waals surface area contributed by atoms with Gasteiger partial charge in [0.15, 0.2) is 0 Å². The van der Waals surface area contributed by atoms with E-state index in [0.717, 1.165) is 38.7 Å². The number of hydrogen-bond acceptors (Lipinski definition) is 5. The summed E-state index contributed by atoms with van der Waals surface area (Å²) in [6.07, 6.45) is 1.59. The molecule has 0 unspecified atom stereocenters. The van der Waals surface area contributed by atoms with Crippen LogP contribution in [0.15, 0.2) is 41.3 Å². The number of hydrogen-bond donors (Lipinski definition) is 1. The third-order valence-electron chi connectivity index (χ3n) is 3.54. The Bertz CT molecular complexity index is 890. The number of rotatable bonds is 4. The summed E-state index contributed by atoms with van der Waals surface area (Å²) in [6.45, 7) is -0.625. The monoisotopic (exact) mass is 343 g/mol. The average Bonchev–Trinajstić information content (AvgIpc) is 2.81. The van der Waals surface area contributed by atoms with Crippen LogP contribution in [0.5, 0.6) is 5.75 Å². The highest BCUT2D eigenvalue weighted by molar-refractivity contribution is 8.18. The predicted octanol–water partition coefficient (Wildman–Crippen LogP) is 2.97. The second kappa shape index (κ2) is 6.37. The van der Waals surface area contributed by atoms with Crippen molar-refractivity contribution in [1.82, 2.24) is 4.90 Å². The van der Waals surface area contributed by atoms with Gasteiger partial charge in [-0.3, -0.25) is 19.3 Å². The molecule has 7 heteroatoms. The lowest BCUT2D eigenvalue weighted by molar-refractivity contribution is -0.140. The van der Waals surface area contributed by atoms with E-state index in [1.165, 1.54) is 0 Å². The van der Waals surface area contributed by atoms with Crippen molar-refractivity contribution in [1.29, 1.82) is 0 Å². The number of carbonyl (C=O) groups excluding carboxylic acids is 2. The number of thioether (sulfide) groups is 1. The lowest BCUT2D eigenvalue weighted by atomic mass is 10.1. The highest BCUT2D eigenvalue weighted by Gasteiger charge is 2.36. The van der Waals surface area contributed by atoms with Gasteiger partial charge in [0.1, 0.15) is 12.3 Å². The highest BCUT2D eigenvalue weighted by Crippen LogP contribution is 2.32. The van der Waals surface area contributed by atoms with Gasteiger partial charge in [-0.2, -0.15) is 0 Å². The SMILES string of the molecule is COc1ccc2cc(/C=C3\SC(=O)N(CC(=O)O)C3=O)ccc2c1. The first-order valence-corrected chi connectivity index (χ1v) is 7.84. The molecular formula is C17H13NO5S. The van der Waals surface area contributed by atoms with E-state index in [2.05, 4.69) is 0 Å². The zero-order valence-electron chi connectivity index (χ0n) is 12.7. The number of carboxylic acids is 1. The van der Waals surface area contributed by atoms with Crippen molar-refractivity contribution < 1.29 is 24.2 Å². The number of nitrogens with zero attached hydrogens (tertiary/aromatic N) is 1. The Morgan fingerprint density at radius 1 is 1.21 bits per heavy atom. The van der Waals surface area contributed by atoms with Gasteiger partial charge in [-0.1, -0.05) is 18.2 Å². The molecule has 24 heavy (non-hydrogen) atoms. The Labute approximate surface area is 141 Å². The number of fused-ring (bicyclic) bond motifs is 1. The van der Waals surface area contributed by atoms with Crippen LogP contribution in [0.2, 0.25) is 0 Å².